The van der Waals surface area contributed by atoms with E-state index in [0.29, 0.717) is 6.04 Å². The Bertz CT molecular complexity index is 380. The van der Waals surface area contributed by atoms with Gasteiger partial charge in [0.05, 0.1) is 6.04 Å². The number of rotatable bonds is 5. The maximum absolute atomic E-state index is 4.57. The summed E-state index contributed by atoms with van der Waals surface area (Å²) in [4.78, 5) is 13.2. The van der Waals surface area contributed by atoms with Gasteiger partial charge in [-0.25, -0.2) is 4.98 Å². The van der Waals surface area contributed by atoms with Crippen molar-refractivity contribution in [2.45, 2.75) is 25.9 Å². The van der Waals surface area contributed by atoms with E-state index >= 15 is 0 Å². The number of aromatic nitrogens is 2. The zero-order chi connectivity index (χ0) is 12.4. The van der Waals surface area contributed by atoms with Crippen LogP contribution in [-0.2, 0) is 6.54 Å². The van der Waals surface area contributed by atoms with Gasteiger partial charge in [-0.3, -0.25) is 9.80 Å². The summed E-state index contributed by atoms with van der Waals surface area (Å²) >= 11 is 0. The highest BCUT2D eigenvalue weighted by Crippen LogP contribution is 2.26. The molecule has 5 nitrogen and oxygen atoms in total. The predicted molar refractivity (Wildman–Crippen MR) is 71.3 cm³/mol. The molecule has 0 saturated carbocycles. The molecule has 5 heteroatoms. The number of hydrogen-bond acceptors (Lipinski definition) is 4. The largest absolute Gasteiger partial charge is 0.343 e. The molecule has 3 aliphatic heterocycles. The molecule has 1 atom stereocenters. The molecule has 3 aliphatic rings. The van der Waals surface area contributed by atoms with E-state index in [2.05, 4.69) is 32.0 Å². The molecule has 18 heavy (non-hydrogen) atoms. The predicted octanol–water partition coefficient (Wildman–Crippen LogP) is 0.582. The van der Waals surface area contributed by atoms with Crippen molar-refractivity contribution in [2.75, 3.05) is 39.3 Å². The second kappa shape index (κ2) is 5.38. The Morgan fingerprint density at radius 1 is 1.39 bits per heavy atom. The van der Waals surface area contributed by atoms with Gasteiger partial charge in [-0.15, -0.1) is 0 Å². The zero-order valence-electron chi connectivity index (χ0n) is 11.2. The van der Waals surface area contributed by atoms with Crippen LogP contribution < -0.4 is 5.32 Å². The van der Waals surface area contributed by atoms with Crippen LogP contribution in [-0.4, -0.2) is 59.0 Å². The van der Waals surface area contributed by atoms with Gasteiger partial charge in [0.25, 0.3) is 0 Å². The molecule has 0 spiro atoms. The van der Waals surface area contributed by atoms with Gasteiger partial charge in [0.15, 0.2) is 0 Å². The third kappa shape index (κ3) is 2.43. The lowest BCUT2D eigenvalue weighted by Gasteiger charge is -2.46. The van der Waals surface area contributed by atoms with Crippen LogP contribution in [0.2, 0.25) is 0 Å². The van der Waals surface area contributed by atoms with Gasteiger partial charge in [0, 0.05) is 51.2 Å². The topological polar surface area (TPSA) is 47.2 Å². The van der Waals surface area contributed by atoms with Gasteiger partial charge in [-0.1, -0.05) is 6.92 Å². The molecule has 2 bridgehead atoms. The molecule has 4 rings (SSSR count). The number of fused-ring (bicyclic) bond motifs is 3. The number of piperazine rings is 3. The quantitative estimate of drug-likeness (QED) is 0.750. The van der Waals surface area contributed by atoms with E-state index in [1.165, 1.54) is 38.3 Å². The van der Waals surface area contributed by atoms with E-state index in [9.17, 15) is 0 Å². The van der Waals surface area contributed by atoms with Crippen molar-refractivity contribution >= 4 is 0 Å². The molecule has 1 aromatic heterocycles. The summed E-state index contributed by atoms with van der Waals surface area (Å²) in [6, 6.07) is 0.479. The monoisotopic (exact) mass is 249 g/mol. The van der Waals surface area contributed by atoms with Crippen LogP contribution in [0.1, 0.15) is 30.9 Å². The minimum Gasteiger partial charge on any atom is -0.343 e. The fourth-order valence-corrected chi connectivity index (χ4v) is 2.91. The first kappa shape index (κ1) is 12.1. The Labute approximate surface area is 109 Å². The number of nitrogens with one attached hydrogen (secondary N) is 2. The Hall–Kier alpha value is -0.910. The van der Waals surface area contributed by atoms with Crippen LogP contribution >= 0.6 is 0 Å². The van der Waals surface area contributed by atoms with E-state index in [1.807, 2.05) is 6.20 Å². The van der Waals surface area contributed by atoms with Gasteiger partial charge < -0.3 is 10.3 Å². The van der Waals surface area contributed by atoms with Crippen LogP contribution in [0.4, 0.5) is 0 Å². The lowest BCUT2D eigenvalue weighted by atomic mass is 10.1. The smallest absolute Gasteiger partial charge is 0.125 e. The standard InChI is InChI=1S/C13H23N5/c1-2-3-14-8-11-9-15-13(16-11)12-10-17-4-6-18(12)7-5-17/h9,12,14H,2-8,10H2,1H3,(H,15,16). The minimum absolute atomic E-state index is 0.479. The molecule has 0 aliphatic carbocycles. The first-order valence-corrected chi connectivity index (χ1v) is 7.07. The lowest BCUT2D eigenvalue weighted by molar-refractivity contribution is 0.00895. The normalized spacial score (nSPS) is 30.8. The maximum atomic E-state index is 4.57. The highest BCUT2D eigenvalue weighted by Gasteiger charge is 2.34. The Morgan fingerprint density at radius 3 is 2.89 bits per heavy atom. The highest BCUT2D eigenvalue weighted by atomic mass is 15.4. The third-order valence-electron chi connectivity index (χ3n) is 3.98. The summed E-state index contributed by atoms with van der Waals surface area (Å²) in [5, 5.41) is 3.41. The molecule has 0 radical (unpaired) electrons. The summed E-state index contributed by atoms with van der Waals surface area (Å²) in [6.45, 7) is 10.1. The summed E-state index contributed by atoms with van der Waals surface area (Å²) in [7, 11) is 0. The van der Waals surface area contributed by atoms with Gasteiger partial charge in [0.2, 0.25) is 0 Å². The second-order valence-electron chi connectivity index (χ2n) is 5.32. The average Bonchev–Trinajstić information content (AvgIpc) is 2.89. The molecule has 4 heterocycles. The van der Waals surface area contributed by atoms with Crippen molar-refractivity contribution in [3.05, 3.63) is 17.7 Å². The molecule has 100 valence electrons. The number of aromatic amines is 1. The molecule has 2 N–H and O–H groups in total. The highest BCUT2D eigenvalue weighted by molar-refractivity contribution is 5.08. The van der Waals surface area contributed by atoms with E-state index in [1.54, 1.807) is 0 Å². The first-order valence-electron chi connectivity index (χ1n) is 7.07. The molecular formula is C13H23N5. The average molecular weight is 249 g/mol. The van der Waals surface area contributed by atoms with Crippen LogP contribution in [0.3, 0.4) is 0 Å². The Morgan fingerprint density at radius 2 is 2.22 bits per heavy atom. The van der Waals surface area contributed by atoms with Crippen molar-refractivity contribution in [2.24, 2.45) is 0 Å². The molecular weight excluding hydrogens is 226 g/mol. The van der Waals surface area contributed by atoms with Gasteiger partial charge >= 0.3 is 0 Å². The van der Waals surface area contributed by atoms with Gasteiger partial charge in [-0.2, -0.15) is 0 Å². The maximum Gasteiger partial charge on any atom is 0.125 e. The SMILES string of the molecule is CCCNCc1cnc(C2CN3CCN2CC3)[nH]1. The van der Waals surface area contributed by atoms with Gasteiger partial charge in [0.1, 0.15) is 5.82 Å². The molecule has 3 fully saturated rings. The lowest BCUT2D eigenvalue weighted by Crippen LogP contribution is -2.57. The van der Waals surface area contributed by atoms with Crippen LogP contribution in [0.5, 0.6) is 0 Å². The zero-order valence-corrected chi connectivity index (χ0v) is 11.2. The fourth-order valence-electron chi connectivity index (χ4n) is 2.91. The van der Waals surface area contributed by atoms with Crippen molar-refractivity contribution < 1.29 is 0 Å². The summed E-state index contributed by atoms with van der Waals surface area (Å²) in [6.07, 6.45) is 3.16. The molecule has 0 amide bonds. The summed E-state index contributed by atoms with van der Waals surface area (Å²) in [5.74, 6) is 1.15. The Kier molecular flexibility index (Phi) is 3.63. The van der Waals surface area contributed by atoms with Crippen LogP contribution in [0, 0.1) is 0 Å². The number of H-pyrrole nitrogens is 1. The van der Waals surface area contributed by atoms with E-state index in [-0.39, 0.29) is 0 Å². The van der Waals surface area contributed by atoms with Crippen LogP contribution in [0.25, 0.3) is 0 Å². The Balaban J connectivity index is 1.62. The summed E-state index contributed by atoms with van der Waals surface area (Å²) < 4.78 is 0. The van der Waals surface area contributed by atoms with E-state index in [4.69, 9.17) is 0 Å². The minimum atomic E-state index is 0.479. The van der Waals surface area contributed by atoms with Crippen molar-refractivity contribution in [3.63, 3.8) is 0 Å². The third-order valence-corrected chi connectivity index (χ3v) is 3.98. The number of hydrogen-bond donors (Lipinski definition) is 2. The fraction of sp³-hybridized carbons (Fsp3) is 0.769. The molecule has 1 aromatic rings. The summed E-state index contributed by atoms with van der Waals surface area (Å²) in [5.41, 5.74) is 1.20. The van der Waals surface area contributed by atoms with E-state index < -0.39 is 0 Å². The van der Waals surface area contributed by atoms with Crippen molar-refractivity contribution in [1.82, 2.24) is 25.1 Å². The molecule has 3 saturated heterocycles. The molecule has 0 aromatic carbocycles. The van der Waals surface area contributed by atoms with Gasteiger partial charge in [-0.05, 0) is 13.0 Å². The van der Waals surface area contributed by atoms with Crippen LogP contribution in [0.15, 0.2) is 6.20 Å². The van der Waals surface area contributed by atoms with E-state index in [0.717, 1.165) is 25.5 Å². The number of nitrogens with zero attached hydrogens (tertiary/aromatic N) is 3. The second-order valence-corrected chi connectivity index (χ2v) is 5.32. The first-order chi connectivity index (χ1) is 8.86. The molecule has 1 unspecified atom stereocenters. The van der Waals surface area contributed by atoms with Crippen molar-refractivity contribution in [3.8, 4) is 0 Å². The number of imidazole rings is 1. The van der Waals surface area contributed by atoms with Crippen molar-refractivity contribution in [1.29, 1.82) is 0 Å².